The minimum absolute atomic E-state index is 0.0456. The number of nitrogens with zero attached hydrogens (tertiary/aromatic N) is 2. The zero-order chi connectivity index (χ0) is 18.1. The van der Waals surface area contributed by atoms with Crippen LogP contribution in [0.5, 0.6) is 11.5 Å². The molecule has 1 fully saturated rings. The van der Waals surface area contributed by atoms with Crippen molar-refractivity contribution in [2.24, 2.45) is 5.92 Å². The Kier molecular flexibility index (Phi) is 4.68. The van der Waals surface area contributed by atoms with E-state index >= 15 is 0 Å². The van der Waals surface area contributed by atoms with E-state index in [1.54, 1.807) is 14.2 Å². The van der Waals surface area contributed by atoms with Crippen LogP contribution in [0.2, 0.25) is 0 Å². The number of rotatable bonds is 6. The highest BCUT2D eigenvalue weighted by atomic mass is 16.5. The highest BCUT2D eigenvalue weighted by molar-refractivity contribution is 5.40. The Morgan fingerprint density at radius 2 is 2.12 bits per heavy atom. The first kappa shape index (κ1) is 17.1. The number of H-pyrrole nitrogens is 1. The van der Waals surface area contributed by atoms with E-state index < -0.39 is 0 Å². The van der Waals surface area contributed by atoms with Gasteiger partial charge >= 0.3 is 0 Å². The predicted molar refractivity (Wildman–Crippen MR) is 98.6 cm³/mol. The average molecular weight is 355 g/mol. The maximum absolute atomic E-state index is 12.4. The van der Waals surface area contributed by atoms with Gasteiger partial charge in [0.25, 0.3) is 5.56 Å². The summed E-state index contributed by atoms with van der Waals surface area (Å²) in [6.07, 6.45) is 4.13. The number of ether oxygens (including phenoxy) is 2. The standard InChI is InChI=1S/C20H25N3O3/c1-25-15-5-6-18(26-2)14(10-15)11-23-8-7-16-17(12-23)21-19(22-20(16)24)9-13-3-4-13/h5-6,10,13H,3-4,7-9,11-12H2,1-2H3,(H,21,22,24). The van der Waals surface area contributed by atoms with Gasteiger partial charge in [-0.2, -0.15) is 0 Å². The lowest BCUT2D eigenvalue weighted by Crippen LogP contribution is -2.35. The largest absolute Gasteiger partial charge is 0.497 e. The molecule has 26 heavy (non-hydrogen) atoms. The SMILES string of the molecule is COc1ccc(OC)c(CN2CCc3c(nc(CC4CC4)[nH]c3=O)C2)c1. The van der Waals surface area contributed by atoms with Crippen LogP contribution in [-0.2, 0) is 25.9 Å². The van der Waals surface area contributed by atoms with E-state index in [1.807, 2.05) is 18.2 Å². The molecule has 0 unspecified atom stereocenters. The van der Waals surface area contributed by atoms with E-state index in [0.717, 1.165) is 60.1 Å². The van der Waals surface area contributed by atoms with Gasteiger partial charge in [-0.25, -0.2) is 4.98 Å². The Labute approximate surface area is 153 Å². The predicted octanol–water partition coefficient (Wildman–Crippen LogP) is 2.30. The number of fused-ring (bicyclic) bond motifs is 1. The van der Waals surface area contributed by atoms with Crippen LogP contribution in [0, 0.1) is 5.92 Å². The topological polar surface area (TPSA) is 67.5 Å². The van der Waals surface area contributed by atoms with Crippen LogP contribution in [0.4, 0.5) is 0 Å². The van der Waals surface area contributed by atoms with Crippen molar-refractivity contribution in [1.82, 2.24) is 14.9 Å². The fourth-order valence-corrected chi connectivity index (χ4v) is 3.62. The summed E-state index contributed by atoms with van der Waals surface area (Å²) >= 11 is 0. The van der Waals surface area contributed by atoms with E-state index in [2.05, 4.69) is 9.88 Å². The third-order valence-electron chi connectivity index (χ3n) is 5.26. The summed E-state index contributed by atoms with van der Waals surface area (Å²) in [6.45, 7) is 2.27. The molecule has 2 aliphatic rings. The first-order valence-corrected chi connectivity index (χ1v) is 9.20. The molecule has 1 aromatic carbocycles. The number of hydrogen-bond donors (Lipinski definition) is 1. The molecule has 0 saturated heterocycles. The van der Waals surface area contributed by atoms with Crippen molar-refractivity contribution in [3.8, 4) is 11.5 Å². The van der Waals surface area contributed by atoms with Gasteiger partial charge in [0, 0.05) is 37.2 Å². The molecule has 6 nitrogen and oxygen atoms in total. The Morgan fingerprint density at radius 3 is 2.85 bits per heavy atom. The van der Waals surface area contributed by atoms with Crippen molar-refractivity contribution in [3.05, 3.63) is 51.2 Å². The van der Waals surface area contributed by atoms with Crippen molar-refractivity contribution >= 4 is 0 Å². The van der Waals surface area contributed by atoms with E-state index in [9.17, 15) is 4.79 Å². The second-order valence-electron chi connectivity index (χ2n) is 7.22. The Bertz CT molecular complexity index is 858. The Balaban J connectivity index is 1.54. The molecule has 1 aliphatic heterocycles. The molecule has 2 heterocycles. The van der Waals surface area contributed by atoms with Crippen molar-refractivity contribution < 1.29 is 9.47 Å². The van der Waals surface area contributed by atoms with E-state index in [-0.39, 0.29) is 5.56 Å². The van der Waals surface area contributed by atoms with Gasteiger partial charge in [-0.05, 0) is 43.4 Å². The average Bonchev–Trinajstić information content (AvgIpc) is 3.45. The maximum Gasteiger partial charge on any atom is 0.254 e. The molecule has 1 aliphatic carbocycles. The number of aromatic amines is 1. The molecule has 4 rings (SSSR count). The van der Waals surface area contributed by atoms with Gasteiger partial charge in [0.1, 0.15) is 17.3 Å². The number of aromatic nitrogens is 2. The fourth-order valence-electron chi connectivity index (χ4n) is 3.62. The van der Waals surface area contributed by atoms with Crippen molar-refractivity contribution in [2.75, 3.05) is 20.8 Å². The van der Waals surface area contributed by atoms with Crippen LogP contribution < -0.4 is 15.0 Å². The second-order valence-corrected chi connectivity index (χ2v) is 7.22. The van der Waals surface area contributed by atoms with Crippen LogP contribution in [0.1, 0.15) is 35.5 Å². The van der Waals surface area contributed by atoms with E-state index in [4.69, 9.17) is 14.5 Å². The van der Waals surface area contributed by atoms with Gasteiger partial charge in [0.15, 0.2) is 0 Å². The highest BCUT2D eigenvalue weighted by Gasteiger charge is 2.26. The van der Waals surface area contributed by atoms with Crippen molar-refractivity contribution in [1.29, 1.82) is 0 Å². The minimum atomic E-state index is 0.0456. The normalized spacial score (nSPS) is 17.0. The molecule has 2 aromatic rings. The summed E-state index contributed by atoms with van der Waals surface area (Å²) in [4.78, 5) is 22.4. The van der Waals surface area contributed by atoms with Gasteiger partial charge < -0.3 is 14.5 Å². The molecule has 0 atom stereocenters. The van der Waals surface area contributed by atoms with Crippen LogP contribution in [-0.4, -0.2) is 35.6 Å². The highest BCUT2D eigenvalue weighted by Crippen LogP contribution is 2.32. The first-order valence-electron chi connectivity index (χ1n) is 9.20. The zero-order valence-corrected chi connectivity index (χ0v) is 15.4. The van der Waals surface area contributed by atoms with Crippen LogP contribution in [0.3, 0.4) is 0 Å². The molecule has 138 valence electrons. The number of benzene rings is 1. The van der Waals surface area contributed by atoms with Gasteiger partial charge in [0.05, 0.1) is 19.9 Å². The lowest BCUT2D eigenvalue weighted by molar-refractivity contribution is 0.236. The number of nitrogens with one attached hydrogen (secondary N) is 1. The molecule has 6 heteroatoms. The summed E-state index contributed by atoms with van der Waals surface area (Å²) in [5.41, 5.74) is 2.90. The summed E-state index contributed by atoms with van der Waals surface area (Å²) < 4.78 is 10.8. The molecule has 1 aromatic heterocycles. The summed E-state index contributed by atoms with van der Waals surface area (Å²) in [6, 6.07) is 5.85. The summed E-state index contributed by atoms with van der Waals surface area (Å²) in [5, 5.41) is 0. The lowest BCUT2D eigenvalue weighted by atomic mass is 10.0. The monoisotopic (exact) mass is 355 g/mol. The van der Waals surface area contributed by atoms with Crippen LogP contribution >= 0.6 is 0 Å². The molecular weight excluding hydrogens is 330 g/mol. The van der Waals surface area contributed by atoms with E-state index in [0.29, 0.717) is 12.5 Å². The molecular formula is C20H25N3O3. The number of hydrogen-bond acceptors (Lipinski definition) is 5. The maximum atomic E-state index is 12.4. The van der Waals surface area contributed by atoms with Gasteiger partial charge in [-0.3, -0.25) is 9.69 Å². The summed E-state index contributed by atoms with van der Waals surface area (Å²) in [5.74, 6) is 3.22. The molecule has 0 amide bonds. The molecule has 0 radical (unpaired) electrons. The van der Waals surface area contributed by atoms with E-state index in [1.165, 1.54) is 12.8 Å². The van der Waals surface area contributed by atoms with Crippen LogP contribution in [0.25, 0.3) is 0 Å². The second kappa shape index (κ2) is 7.11. The van der Waals surface area contributed by atoms with Gasteiger partial charge in [0.2, 0.25) is 0 Å². The first-order chi connectivity index (χ1) is 12.7. The minimum Gasteiger partial charge on any atom is -0.497 e. The molecule has 1 N–H and O–H groups in total. The quantitative estimate of drug-likeness (QED) is 0.861. The lowest BCUT2D eigenvalue weighted by Gasteiger charge is -2.28. The van der Waals surface area contributed by atoms with Gasteiger partial charge in [-0.1, -0.05) is 0 Å². The third-order valence-corrected chi connectivity index (χ3v) is 5.26. The number of methoxy groups -OCH3 is 2. The van der Waals surface area contributed by atoms with Crippen molar-refractivity contribution in [3.63, 3.8) is 0 Å². The van der Waals surface area contributed by atoms with Gasteiger partial charge in [-0.15, -0.1) is 0 Å². The third kappa shape index (κ3) is 3.60. The zero-order valence-electron chi connectivity index (χ0n) is 15.4. The fraction of sp³-hybridized carbons (Fsp3) is 0.500. The summed E-state index contributed by atoms with van der Waals surface area (Å²) in [7, 11) is 3.35. The molecule has 0 bridgehead atoms. The van der Waals surface area contributed by atoms with Crippen LogP contribution in [0.15, 0.2) is 23.0 Å². The Hall–Kier alpha value is -2.34. The Morgan fingerprint density at radius 1 is 1.27 bits per heavy atom. The molecule has 0 spiro atoms. The molecule has 1 saturated carbocycles. The smallest absolute Gasteiger partial charge is 0.254 e. The van der Waals surface area contributed by atoms with Crippen molar-refractivity contribution in [2.45, 2.75) is 38.8 Å².